The van der Waals surface area contributed by atoms with Crippen LogP contribution in [0.2, 0.25) is 0 Å². The molecule has 0 spiro atoms. The molecule has 1 rings (SSSR count). The predicted molar refractivity (Wildman–Crippen MR) is 31.3 cm³/mol. The Labute approximate surface area is 53.9 Å². The summed E-state index contributed by atoms with van der Waals surface area (Å²) in [5, 5.41) is 8.36. The van der Waals surface area contributed by atoms with E-state index < -0.39 is 6.17 Å². The van der Waals surface area contributed by atoms with E-state index in [-0.39, 0.29) is 12.6 Å². The maximum absolute atomic E-state index is 12.4. The molecule has 0 bridgehead atoms. The third kappa shape index (κ3) is 1.13. The Morgan fingerprint density at radius 2 is 2.44 bits per heavy atom. The summed E-state index contributed by atoms with van der Waals surface area (Å²) < 4.78 is 12.4. The summed E-state index contributed by atoms with van der Waals surface area (Å²) in [6.45, 7) is 2.15. The highest BCUT2D eigenvalue weighted by atomic mass is 19.1. The van der Waals surface area contributed by atoms with Gasteiger partial charge in [0.1, 0.15) is 6.17 Å². The quantitative estimate of drug-likeness (QED) is 0.453. The first-order valence-corrected chi connectivity index (χ1v) is 3.04. The number of nitrogens with zero attached hydrogens (tertiary/aromatic N) is 2. The summed E-state index contributed by atoms with van der Waals surface area (Å²) >= 11 is 0. The molecule has 50 valence electrons. The molecule has 3 heteroatoms. The van der Waals surface area contributed by atoms with E-state index in [0.717, 1.165) is 0 Å². The van der Waals surface area contributed by atoms with Gasteiger partial charge in [0.25, 0.3) is 0 Å². The summed E-state index contributed by atoms with van der Waals surface area (Å²) in [4.78, 5) is 1.48. The van der Waals surface area contributed by atoms with E-state index >= 15 is 0 Å². The number of likely N-dealkylation sites (tertiary alicyclic amines) is 1. The lowest BCUT2D eigenvalue weighted by molar-refractivity contribution is 0.334. The van der Waals surface area contributed by atoms with Crippen molar-refractivity contribution in [2.24, 2.45) is 0 Å². The van der Waals surface area contributed by atoms with E-state index in [0.29, 0.717) is 6.42 Å². The second-order valence-electron chi connectivity index (χ2n) is 2.43. The zero-order valence-electron chi connectivity index (χ0n) is 5.34. The molecule has 0 aromatic heterocycles. The number of hydrogen-bond acceptors (Lipinski definition) is 2. The van der Waals surface area contributed by atoms with Crippen LogP contribution in [0, 0.1) is 11.5 Å². The summed E-state index contributed by atoms with van der Waals surface area (Å²) in [7, 11) is 0. The van der Waals surface area contributed by atoms with Crippen molar-refractivity contribution >= 4 is 0 Å². The Kier molecular flexibility index (Phi) is 1.56. The predicted octanol–water partition coefficient (Wildman–Crippen LogP) is 0.900. The van der Waals surface area contributed by atoms with E-state index in [1.54, 1.807) is 0 Å². The summed E-state index contributed by atoms with van der Waals surface area (Å²) in [5.74, 6) is 0. The van der Waals surface area contributed by atoms with E-state index in [4.69, 9.17) is 5.26 Å². The lowest BCUT2D eigenvalue weighted by Gasteiger charge is -2.10. The molecule has 1 aliphatic rings. The Morgan fingerprint density at radius 1 is 1.78 bits per heavy atom. The van der Waals surface area contributed by atoms with Crippen LogP contribution in [0.25, 0.3) is 0 Å². The van der Waals surface area contributed by atoms with Gasteiger partial charge in [-0.1, -0.05) is 0 Å². The Bertz CT molecular complexity index is 140. The van der Waals surface area contributed by atoms with Gasteiger partial charge in [-0.3, -0.25) is 0 Å². The van der Waals surface area contributed by atoms with Crippen molar-refractivity contribution in [3.63, 3.8) is 0 Å². The summed E-state index contributed by atoms with van der Waals surface area (Å²) in [6, 6.07) is 0.102. The van der Waals surface area contributed by atoms with Crippen LogP contribution in [-0.2, 0) is 0 Å². The molecule has 0 aromatic carbocycles. The minimum Gasteiger partial charge on any atom is -0.305 e. The monoisotopic (exact) mass is 128 g/mol. The lowest BCUT2D eigenvalue weighted by atomic mass is 10.2. The maximum atomic E-state index is 12.4. The van der Waals surface area contributed by atoms with E-state index in [1.165, 1.54) is 4.90 Å². The molecule has 1 aliphatic heterocycles. The van der Waals surface area contributed by atoms with Crippen molar-refractivity contribution < 1.29 is 4.39 Å². The molecule has 0 aliphatic carbocycles. The highest BCUT2D eigenvalue weighted by Gasteiger charge is 2.27. The van der Waals surface area contributed by atoms with E-state index in [2.05, 4.69) is 0 Å². The van der Waals surface area contributed by atoms with E-state index in [9.17, 15) is 4.39 Å². The Balaban J connectivity index is 2.50. The van der Waals surface area contributed by atoms with Crippen LogP contribution in [0.5, 0.6) is 0 Å². The number of halogens is 1. The van der Waals surface area contributed by atoms with Crippen LogP contribution in [-0.4, -0.2) is 23.7 Å². The molecule has 0 saturated carbocycles. The van der Waals surface area contributed by atoms with Gasteiger partial charge in [0.05, 0.1) is 6.54 Å². The van der Waals surface area contributed by atoms with Crippen molar-refractivity contribution in [1.29, 1.82) is 5.26 Å². The number of rotatable bonds is 0. The molecule has 0 aromatic rings. The van der Waals surface area contributed by atoms with Gasteiger partial charge >= 0.3 is 0 Å². The van der Waals surface area contributed by atoms with Gasteiger partial charge in [0.2, 0.25) is 0 Å². The minimum absolute atomic E-state index is 0.102. The van der Waals surface area contributed by atoms with Crippen LogP contribution in [0.15, 0.2) is 0 Å². The van der Waals surface area contributed by atoms with Crippen LogP contribution in [0.1, 0.15) is 13.3 Å². The average Bonchev–Trinajstić information content (AvgIpc) is 2.10. The van der Waals surface area contributed by atoms with Crippen molar-refractivity contribution in [2.75, 3.05) is 6.54 Å². The smallest absolute Gasteiger partial charge is 0.179 e. The van der Waals surface area contributed by atoms with Crippen molar-refractivity contribution in [3.8, 4) is 6.19 Å². The zero-order chi connectivity index (χ0) is 6.85. The standard InChI is InChI=1S/C6H9FN2/c1-5-2-6(7)3-9(5)4-8/h5-6H,2-3H2,1H3/t5-,6-/m1/s1. The fraction of sp³-hybridized carbons (Fsp3) is 0.833. The zero-order valence-corrected chi connectivity index (χ0v) is 5.34. The Hall–Kier alpha value is -0.780. The molecular formula is C6H9FN2. The first kappa shape index (κ1) is 6.34. The van der Waals surface area contributed by atoms with Gasteiger partial charge in [0.15, 0.2) is 6.19 Å². The second kappa shape index (κ2) is 2.22. The normalized spacial score (nSPS) is 34.6. The molecule has 2 atom stereocenters. The highest BCUT2D eigenvalue weighted by molar-refractivity contribution is 4.89. The van der Waals surface area contributed by atoms with Crippen molar-refractivity contribution in [2.45, 2.75) is 25.6 Å². The minimum atomic E-state index is -0.792. The number of hydrogen-bond donors (Lipinski definition) is 0. The molecule has 0 amide bonds. The molecule has 1 heterocycles. The molecule has 1 saturated heterocycles. The van der Waals surface area contributed by atoms with Gasteiger partial charge in [-0.15, -0.1) is 0 Å². The maximum Gasteiger partial charge on any atom is 0.179 e. The van der Waals surface area contributed by atoms with Crippen molar-refractivity contribution in [1.82, 2.24) is 4.90 Å². The molecular weight excluding hydrogens is 119 g/mol. The second-order valence-corrected chi connectivity index (χ2v) is 2.43. The molecule has 2 nitrogen and oxygen atoms in total. The molecule has 0 unspecified atom stereocenters. The largest absolute Gasteiger partial charge is 0.305 e. The third-order valence-electron chi connectivity index (χ3n) is 1.65. The van der Waals surface area contributed by atoms with Gasteiger partial charge in [-0.2, -0.15) is 5.26 Å². The first-order chi connectivity index (χ1) is 4.24. The molecule has 1 fully saturated rings. The van der Waals surface area contributed by atoms with Gasteiger partial charge in [-0.25, -0.2) is 4.39 Å². The number of nitriles is 1. The van der Waals surface area contributed by atoms with Crippen LogP contribution in [0.3, 0.4) is 0 Å². The van der Waals surface area contributed by atoms with Gasteiger partial charge in [0, 0.05) is 12.5 Å². The fourth-order valence-electron chi connectivity index (χ4n) is 1.10. The molecule has 0 N–H and O–H groups in total. The van der Waals surface area contributed by atoms with Gasteiger partial charge in [-0.05, 0) is 6.92 Å². The van der Waals surface area contributed by atoms with Crippen LogP contribution < -0.4 is 0 Å². The summed E-state index contributed by atoms with van der Waals surface area (Å²) in [6.07, 6.45) is 1.65. The van der Waals surface area contributed by atoms with Crippen molar-refractivity contribution in [3.05, 3.63) is 0 Å². The summed E-state index contributed by atoms with van der Waals surface area (Å²) in [5.41, 5.74) is 0. The highest BCUT2D eigenvalue weighted by Crippen LogP contribution is 2.17. The average molecular weight is 128 g/mol. The molecule has 9 heavy (non-hydrogen) atoms. The lowest BCUT2D eigenvalue weighted by Crippen LogP contribution is -2.20. The molecule has 0 radical (unpaired) electrons. The Morgan fingerprint density at radius 3 is 2.67 bits per heavy atom. The topological polar surface area (TPSA) is 27.0 Å². The van der Waals surface area contributed by atoms with Crippen LogP contribution in [0.4, 0.5) is 4.39 Å². The van der Waals surface area contributed by atoms with E-state index in [1.807, 2.05) is 13.1 Å². The van der Waals surface area contributed by atoms with Gasteiger partial charge < -0.3 is 4.90 Å². The first-order valence-electron chi connectivity index (χ1n) is 3.04. The fourth-order valence-corrected chi connectivity index (χ4v) is 1.10. The number of alkyl halides is 1. The third-order valence-corrected chi connectivity index (χ3v) is 1.65. The van der Waals surface area contributed by atoms with Crippen LogP contribution >= 0.6 is 0 Å². The SMILES string of the molecule is C[C@@H]1C[C@@H](F)CN1C#N.